The van der Waals surface area contributed by atoms with Crippen LogP contribution in [0.15, 0.2) is 72.0 Å². The lowest BCUT2D eigenvalue weighted by atomic mass is 10.2. The maximum absolute atomic E-state index is 12.1. The first-order valence-corrected chi connectivity index (χ1v) is 9.43. The van der Waals surface area contributed by atoms with Gasteiger partial charge >= 0.3 is 0 Å². The number of hydrogen-bond donors (Lipinski definition) is 2. The summed E-state index contributed by atoms with van der Waals surface area (Å²) in [5, 5.41) is 6.79. The fraction of sp³-hybridized carbons (Fsp3) is 0.0909. The summed E-state index contributed by atoms with van der Waals surface area (Å²) in [6.45, 7) is 1.80. The molecule has 0 bridgehead atoms. The Morgan fingerprint density at radius 3 is 2.63 bits per heavy atom. The second kappa shape index (κ2) is 10.2. The van der Waals surface area contributed by atoms with Gasteiger partial charge in [0.15, 0.2) is 6.61 Å². The quantitative estimate of drug-likeness (QED) is 0.344. The summed E-state index contributed by atoms with van der Waals surface area (Å²) in [5.41, 5.74) is 5.00. The number of rotatable bonds is 7. The number of nitrogens with zero attached hydrogens (tertiary/aromatic N) is 2. The van der Waals surface area contributed by atoms with Gasteiger partial charge in [0.1, 0.15) is 10.9 Å². The van der Waals surface area contributed by atoms with Crippen molar-refractivity contribution >= 4 is 35.3 Å². The van der Waals surface area contributed by atoms with Gasteiger partial charge in [0.2, 0.25) is 0 Å². The number of hydrazone groups is 1. The molecule has 0 unspecified atom stereocenters. The lowest BCUT2D eigenvalue weighted by Crippen LogP contribution is -2.20. The summed E-state index contributed by atoms with van der Waals surface area (Å²) >= 11 is 5.90. The minimum Gasteiger partial charge on any atom is -0.483 e. The summed E-state index contributed by atoms with van der Waals surface area (Å²) in [7, 11) is 0. The molecule has 0 spiro atoms. The largest absolute Gasteiger partial charge is 0.483 e. The van der Waals surface area contributed by atoms with Crippen molar-refractivity contribution in [1.29, 1.82) is 0 Å². The van der Waals surface area contributed by atoms with Crippen LogP contribution in [0.25, 0.3) is 0 Å². The highest BCUT2D eigenvalue weighted by Crippen LogP contribution is 2.16. The van der Waals surface area contributed by atoms with E-state index in [9.17, 15) is 9.59 Å². The van der Waals surface area contributed by atoms with Gasteiger partial charge in [-0.25, -0.2) is 10.4 Å². The van der Waals surface area contributed by atoms with Crippen LogP contribution in [0.2, 0.25) is 5.15 Å². The molecule has 2 amide bonds. The van der Waals surface area contributed by atoms with Gasteiger partial charge in [0, 0.05) is 17.4 Å². The third-order valence-electron chi connectivity index (χ3n) is 3.99. The Kier molecular flexibility index (Phi) is 7.13. The number of aryl methyl sites for hydroxylation is 1. The molecular weight excluding hydrogens is 404 g/mol. The number of ether oxygens (including phenoxy) is 1. The minimum absolute atomic E-state index is 0.0912. The molecular formula is C22H19ClN4O3. The molecule has 3 rings (SSSR count). The van der Waals surface area contributed by atoms with E-state index in [1.54, 1.807) is 36.4 Å². The van der Waals surface area contributed by atoms with E-state index in [0.29, 0.717) is 17.0 Å². The van der Waals surface area contributed by atoms with Gasteiger partial charge in [-0.05, 0) is 43.3 Å². The van der Waals surface area contributed by atoms with Crippen molar-refractivity contribution < 1.29 is 14.3 Å². The average molecular weight is 423 g/mol. The molecule has 2 N–H and O–H groups in total. The van der Waals surface area contributed by atoms with Crippen molar-refractivity contribution in [1.82, 2.24) is 10.4 Å². The second-order valence-electron chi connectivity index (χ2n) is 6.28. The fourth-order valence-electron chi connectivity index (χ4n) is 2.47. The number of nitrogens with one attached hydrogen (secondary N) is 2. The number of hydrogen-bond acceptors (Lipinski definition) is 5. The van der Waals surface area contributed by atoms with Crippen molar-refractivity contribution in [3.05, 3.63) is 88.7 Å². The van der Waals surface area contributed by atoms with E-state index in [1.165, 1.54) is 12.4 Å². The Morgan fingerprint density at radius 2 is 1.87 bits per heavy atom. The van der Waals surface area contributed by atoms with Crippen LogP contribution in [0.1, 0.15) is 21.5 Å². The monoisotopic (exact) mass is 422 g/mol. The topological polar surface area (TPSA) is 92.7 Å². The third kappa shape index (κ3) is 5.89. The zero-order valence-corrected chi connectivity index (χ0v) is 16.9. The predicted octanol–water partition coefficient (Wildman–Crippen LogP) is 3.82. The molecule has 0 aliphatic carbocycles. The van der Waals surface area contributed by atoms with E-state index >= 15 is 0 Å². The van der Waals surface area contributed by atoms with Crippen LogP contribution in [-0.4, -0.2) is 29.6 Å². The Labute approximate surface area is 178 Å². The second-order valence-corrected chi connectivity index (χ2v) is 6.64. The number of carbonyl (C=O) groups is 2. The van der Waals surface area contributed by atoms with Crippen LogP contribution >= 0.6 is 11.6 Å². The van der Waals surface area contributed by atoms with Crippen LogP contribution in [0.5, 0.6) is 5.75 Å². The molecule has 8 heteroatoms. The predicted molar refractivity (Wildman–Crippen MR) is 116 cm³/mol. The Morgan fingerprint density at radius 1 is 1.10 bits per heavy atom. The standard InChI is InChI=1S/C22H19ClN4O3/c1-15-8-10-17(11-9-15)26-20(28)14-30-19-7-3-2-5-16(19)13-25-27-22(29)18-6-4-12-24-21(18)23/h2-13H,14H2,1H3,(H,26,28)(H,27,29). The first kappa shape index (κ1) is 21.0. The van der Waals surface area contributed by atoms with E-state index in [4.69, 9.17) is 16.3 Å². The van der Waals surface area contributed by atoms with Crippen LogP contribution in [0.4, 0.5) is 5.69 Å². The van der Waals surface area contributed by atoms with E-state index in [0.717, 1.165) is 5.56 Å². The highest BCUT2D eigenvalue weighted by atomic mass is 35.5. The molecule has 30 heavy (non-hydrogen) atoms. The number of carbonyl (C=O) groups excluding carboxylic acids is 2. The number of anilines is 1. The lowest BCUT2D eigenvalue weighted by molar-refractivity contribution is -0.118. The smallest absolute Gasteiger partial charge is 0.274 e. The first-order chi connectivity index (χ1) is 14.5. The maximum Gasteiger partial charge on any atom is 0.274 e. The molecule has 0 radical (unpaired) electrons. The van der Waals surface area contributed by atoms with Crippen molar-refractivity contribution in [2.24, 2.45) is 5.10 Å². The number of aromatic nitrogens is 1. The molecule has 3 aromatic rings. The molecule has 152 valence electrons. The van der Waals surface area contributed by atoms with Crippen molar-refractivity contribution in [3.63, 3.8) is 0 Å². The number of para-hydroxylation sites is 1. The van der Waals surface area contributed by atoms with Crippen molar-refractivity contribution in [3.8, 4) is 5.75 Å². The number of pyridine rings is 1. The molecule has 7 nitrogen and oxygen atoms in total. The summed E-state index contributed by atoms with van der Waals surface area (Å²) in [6, 6.07) is 17.7. The molecule has 1 heterocycles. The molecule has 0 aliphatic heterocycles. The normalized spacial score (nSPS) is 10.6. The SMILES string of the molecule is Cc1ccc(NC(=O)COc2ccccc2C=NNC(=O)c2cccnc2Cl)cc1. The molecule has 0 atom stereocenters. The Bertz CT molecular complexity index is 1070. The highest BCUT2D eigenvalue weighted by molar-refractivity contribution is 6.32. The zero-order valence-electron chi connectivity index (χ0n) is 16.1. The Balaban J connectivity index is 1.58. The van der Waals surface area contributed by atoms with Gasteiger partial charge < -0.3 is 10.1 Å². The number of benzene rings is 2. The van der Waals surface area contributed by atoms with Crippen molar-refractivity contribution in [2.45, 2.75) is 6.92 Å². The molecule has 2 aromatic carbocycles. The maximum atomic E-state index is 12.1. The van der Waals surface area contributed by atoms with Crippen LogP contribution in [-0.2, 0) is 4.79 Å². The third-order valence-corrected chi connectivity index (χ3v) is 4.29. The van der Waals surface area contributed by atoms with Gasteiger partial charge in [-0.15, -0.1) is 0 Å². The number of amides is 2. The fourth-order valence-corrected chi connectivity index (χ4v) is 2.68. The average Bonchev–Trinajstić information content (AvgIpc) is 2.75. The van der Waals surface area contributed by atoms with E-state index in [-0.39, 0.29) is 23.2 Å². The van der Waals surface area contributed by atoms with E-state index < -0.39 is 5.91 Å². The highest BCUT2D eigenvalue weighted by Gasteiger charge is 2.10. The molecule has 0 fully saturated rings. The summed E-state index contributed by atoms with van der Waals surface area (Å²) in [4.78, 5) is 28.1. The van der Waals surface area contributed by atoms with Gasteiger partial charge in [-0.1, -0.05) is 41.4 Å². The molecule has 0 saturated heterocycles. The van der Waals surface area contributed by atoms with E-state index in [1.807, 2.05) is 31.2 Å². The van der Waals surface area contributed by atoms with Gasteiger partial charge in [-0.3, -0.25) is 9.59 Å². The summed E-state index contributed by atoms with van der Waals surface area (Å²) < 4.78 is 5.61. The number of halogens is 1. The molecule has 1 aromatic heterocycles. The first-order valence-electron chi connectivity index (χ1n) is 9.05. The van der Waals surface area contributed by atoms with Gasteiger partial charge in [0.25, 0.3) is 11.8 Å². The van der Waals surface area contributed by atoms with Crippen LogP contribution < -0.4 is 15.5 Å². The summed E-state index contributed by atoms with van der Waals surface area (Å²) in [5.74, 6) is -0.320. The van der Waals surface area contributed by atoms with Gasteiger partial charge in [0.05, 0.1) is 11.8 Å². The van der Waals surface area contributed by atoms with Crippen LogP contribution in [0, 0.1) is 6.92 Å². The minimum atomic E-state index is -0.486. The zero-order chi connectivity index (χ0) is 21.3. The molecule has 0 saturated carbocycles. The lowest BCUT2D eigenvalue weighted by Gasteiger charge is -2.10. The van der Waals surface area contributed by atoms with E-state index in [2.05, 4.69) is 20.8 Å². The van der Waals surface area contributed by atoms with Crippen LogP contribution in [0.3, 0.4) is 0 Å². The summed E-state index contributed by atoms with van der Waals surface area (Å²) in [6.07, 6.45) is 2.92. The Hall–Kier alpha value is -3.71. The van der Waals surface area contributed by atoms with Gasteiger partial charge in [-0.2, -0.15) is 5.10 Å². The van der Waals surface area contributed by atoms with Crippen molar-refractivity contribution in [2.75, 3.05) is 11.9 Å². The molecule has 0 aliphatic rings.